The number of hydrogen-bond acceptors (Lipinski definition) is 2. The van der Waals surface area contributed by atoms with Crippen molar-refractivity contribution in [2.45, 2.75) is 45.4 Å². The lowest BCUT2D eigenvalue weighted by atomic mass is 9.90. The summed E-state index contributed by atoms with van der Waals surface area (Å²) in [5.41, 5.74) is 0. The third-order valence-corrected chi connectivity index (χ3v) is 4.31. The number of nitrogens with one attached hydrogen (secondary N) is 1. The van der Waals surface area contributed by atoms with E-state index in [-0.39, 0.29) is 0 Å². The number of carbonyl (C=O) groups excluding carboxylic acids is 1. The Morgan fingerprint density at radius 1 is 1.18 bits per heavy atom. The Hall–Kier alpha value is -0.570. The molecule has 0 spiro atoms. The second-order valence-electron chi connectivity index (χ2n) is 5.58. The molecule has 0 saturated carbocycles. The Kier molecular flexibility index (Phi) is 4.84. The summed E-state index contributed by atoms with van der Waals surface area (Å²) in [6, 6.07) is 0. The van der Waals surface area contributed by atoms with E-state index in [2.05, 4.69) is 17.1 Å². The molecule has 0 aliphatic carbocycles. The highest BCUT2D eigenvalue weighted by Crippen LogP contribution is 2.24. The van der Waals surface area contributed by atoms with Crippen molar-refractivity contribution in [2.75, 3.05) is 26.2 Å². The van der Waals surface area contributed by atoms with Crippen LogP contribution >= 0.6 is 0 Å². The van der Waals surface area contributed by atoms with E-state index in [0.717, 1.165) is 44.9 Å². The molecule has 3 nitrogen and oxygen atoms in total. The van der Waals surface area contributed by atoms with Crippen LogP contribution < -0.4 is 5.32 Å². The van der Waals surface area contributed by atoms with E-state index in [1.807, 2.05) is 0 Å². The molecule has 2 rings (SSSR count). The molecular formula is C14H26N2O. The first-order chi connectivity index (χ1) is 8.31. The summed E-state index contributed by atoms with van der Waals surface area (Å²) in [5.74, 6) is 1.61. The van der Waals surface area contributed by atoms with Crippen LogP contribution in [0.4, 0.5) is 0 Å². The van der Waals surface area contributed by atoms with Gasteiger partial charge in [-0.05, 0) is 44.7 Å². The van der Waals surface area contributed by atoms with Gasteiger partial charge in [-0.25, -0.2) is 0 Å². The van der Waals surface area contributed by atoms with Crippen molar-refractivity contribution in [2.24, 2.45) is 11.8 Å². The summed E-state index contributed by atoms with van der Waals surface area (Å²) in [6.07, 6.45) is 7.15. The monoisotopic (exact) mass is 238 g/mol. The van der Waals surface area contributed by atoms with Crippen LogP contribution in [0.2, 0.25) is 0 Å². The zero-order valence-electron chi connectivity index (χ0n) is 11.1. The standard InChI is InChI=1S/C14H26N2O/c1-2-3-12-6-10-16(11-7-12)14(17)13-4-8-15-9-5-13/h12-13,15H,2-11H2,1H3. The van der Waals surface area contributed by atoms with E-state index in [1.165, 1.54) is 25.7 Å². The minimum absolute atomic E-state index is 0.305. The molecular weight excluding hydrogens is 212 g/mol. The molecule has 0 aromatic carbocycles. The predicted octanol–water partition coefficient (Wildman–Crippen LogP) is 2.02. The lowest BCUT2D eigenvalue weighted by molar-refractivity contribution is -0.137. The van der Waals surface area contributed by atoms with E-state index < -0.39 is 0 Å². The molecule has 1 amide bonds. The smallest absolute Gasteiger partial charge is 0.225 e. The minimum atomic E-state index is 0.305. The molecule has 0 bridgehead atoms. The van der Waals surface area contributed by atoms with Crippen LogP contribution in [-0.4, -0.2) is 37.0 Å². The van der Waals surface area contributed by atoms with Gasteiger partial charge in [-0.3, -0.25) is 4.79 Å². The molecule has 2 saturated heterocycles. The van der Waals surface area contributed by atoms with Gasteiger partial charge in [-0.1, -0.05) is 19.8 Å². The fourth-order valence-corrected chi connectivity index (χ4v) is 3.18. The lowest BCUT2D eigenvalue weighted by Crippen LogP contribution is -2.44. The maximum absolute atomic E-state index is 12.3. The molecule has 3 heteroatoms. The minimum Gasteiger partial charge on any atom is -0.342 e. The average molecular weight is 238 g/mol. The molecule has 2 aliphatic rings. The van der Waals surface area contributed by atoms with E-state index in [1.54, 1.807) is 0 Å². The molecule has 0 unspecified atom stereocenters. The van der Waals surface area contributed by atoms with Gasteiger partial charge in [0.2, 0.25) is 5.91 Å². The van der Waals surface area contributed by atoms with Crippen LogP contribution in [0.15, 0.2) is 0 Å². The number of carbonyl (C=O) groups is 1. The zero-order valence-corrected chi connectivity index (χ0v) is 11.1. The Morgan fingerprint density at radius 2 is 1.82 bits per heavy atom. The van der Waals surface area contributed by atoms with Crippen molar-refractivity contribution in [1.29, 1.82) is 0 Å². The van der Waals surface area contributed by atoms with Gasteiger partial charge in [-0.2, -0.15) is 0 Å². The van der Waals surface area contributed by atoms with Crippen LogP contribution in [0, 0.1) is 11.8 Å². The van der Waals surface area contributed by atoms with Crippen molar-refractivity contribution in [3.63, 3.8) is 0 Å². The van der Waals surface area contributed by atoms with Crippen LogP contribution in [0.25, 0.3) is 0 Å². The van der Waals surface area contributed by atoms with Crippen molar-refractivity contribution >= 4 is 5.91 Å². The van der Waals surface area contributed by atoms with Gasteiger partial charge in [-0.15, -0.1) is 0 Å². The summed E-state index contributed by atoms with van der Waals surface area (Å²) in [5, 5.41) is 3.33. The number of piperidine rings is 2. The Morgan fingerprint density at radius 3 is 2.41 bits per heavy atom. The molecule has 2 heterocycles. The first kappa shape index (κ1) is 12.9. The predicted molar refractivity (Wildman–Crippen MR) is 69.8 cm³/mol. The summed E-state index contributed by atoms with van der Waals surface area (Å²) in [6.45, 7) is 6.30. The topological polar surface area (TPSA) is 32.3 Å². The zero-order chi connectivity index (χ0) is 12.1. The fourth-order valence-electron chi connectivity index (χ4n) is 3.18. The number of amides is 1. The van der Waals surface area contributed by atoms with Crippen LogP contribution in [0.5, 0.6) is 0 Å². The first-order valence-corrected chi connectivity index (χ1v) is 7.30. The summed E-state index contributed by atoms with van der Waals surface area (Å²) in [7, 11) is 0. The summed E-state index contributed by atoms with van der Waals surface area (Å²) >= 11 is 0. The van der Waals surface area contributed by atoms with Gasteiger partial charge in [0.15, 0.2) is 0 Å². The molecule has 17 heavy (non-hydrogen) atoms. The molecule has 2 fully saturated rings. The quantitative estimate of drug-likeness (QED) is 0.816. The molecule has 0 aromatic heterocycles. The molecule has 2 aliphatic heterocycles. The summed E-state index contributed by atoms with van der Waals surface area (Å²) < 4.78 is 0. The van der Waals surface area contributed by atoms with Crippen LogP contribution in [0.3, 0.4) is 0 Å². The van der Waals surface area contributed by atoms with E-state index in [4.69, 9.17) is 0 Å². The highest BCUT2D eigenvalue weighted by Gasteiger charge is 2.28. The van der Waals surface area contributed by atoms with Crippen molar-refractivity contribution in [1.82, 2.24) is 10.2 Å². The molecule has 98 valence electrons. The number of hydrogen-bond donors (Lipinski definition) is 1. The Bertz CT molecular complexity index is 241. The lowest BCUT2D eigenvalue weighted by Gasteiger charge is -2.35. The normalized spacial score (nSPS) is 23.9. The maximum atomic E-state index is 12.3. The summed E-state index contributed by atoms with van der Waals surface area (Å²) in [4.78, 5) is 14.4. The van der Waals surface area contributed by atoms with Gasteiger partial charge in [0, 0.05) is 19.0 Å². The highest BCUT2D eigenvalue weighted by molar-refractivity contribution is 5.79. The van der Waals surface area contributed by atoms with Crippen LogP contribution in [-0.2, 0) is 4.79 Å². The van der Waals surface area contributed by atoms with Crippen molar-refractivity contribution < 1.29 is 4.79 Å². The maximum Gasteiger partial charge on any atom is 0.225 e. The average Bonchev–Trinajstić information content (AvgIpc) is 2.40. The number of likely N-dealkylation sites (tertiary alicyclic amines) is 1. The molecule has 1 N–H and O–H groups in total. The van der Waals surface area contributed by atoms with Crippen molar-refractivity contribution in [3.05, 3.63) is 0 Å². The van der Waals surface area contributed by atoms with E-state index >= 15 is 0 Å². The van der Waals surface area contributed by atoms with Crippen molar-refractivity contribution in [3.8, 4) is 0 Å². The number of rotatable bonds is 3. The highest BCUT2D eigenvalue weighted by atomic mass is 16.2. The molecule has 0 radical (unpaired) electrons. The first-order valence-electron chi connectivity index (χ1n) is 7.30. The number of nitrogens with zero attached hydrogens (tertiary/aromatic N) is 1. The van der Waals surface area contributed by atoms with Crippen LogP contribution in [0.1, 0.15) is 45.4 Å². The third kappa shape index (κ3) is 3.44. The largest absolute Gasteiger partial charge is 0.342 e. The second kappa shape index (κ2) is 6.39. The Balaban J connectivity index is 1.77. The fraction of sp³-hybridized carbons (Fsp3) is 0.929. The molecule has 0 aromatic rings. The second-order valence-corrected chi connectivity index (χ2v) is 5.58. The third-order valence-electron chi connectivity index (χ3n) is 4.31. The van der Waals surface area contributed by atoms with Gasteiger partial charge in [0.25, 0.3) is 0 Å². The Labute approximate surface area is 105 Å². The molecule has 0 atom stereocenters. The van der Waals surface area contributed by atoms with Gasteiger partial charge in [0.1, 0.15) is 0 Å². The van der Waals surface area contributed by atoms with Gasteiger partial charge >= 0.3 is 0 Å². The SMILES string of the molecule is CCCC1CCN(C(=O)C2CCNCC2)CC1. The van der Waals surface area contributed by atoms with Gasteiger partial charge < -0.3 is 10.2 Å². The van der Waals surface area contributed by atoms with E-state index in [9.17, 15) is 4.79 Å². The van der Waals surface area contributed by atoms with Gasteiger partial charge in [0.05, 0.1) is 0 Å². The van der Waals surface area contributed by atoms with E-state index in [0.29, 0.717) is 11.8 Å².